The molecular formula is C22H21FN+. The molecule has 0 amide bonds. The normalized spacial score (nSPS) is 14.4. The molecule has 0 bridgehead atoms. The van der Waals surface area contributed by atoms with Crippen molar-refractivity contribution in [3.05, 3.63) is 77.2 Å². The molecule has 24 heavy (non-hydrogen) atoms. The van der Waals surface area contributed by atoms with Crippen LogP contribution in [-0.4, -0.2) is 0 Å². The molecule has 4 rings (SSSR count). The van der Waals surface area contributed by atoms with Crippen molar-refractivity contribution in [1.29, 1.82) is 0 Å². The predicted molar refractivity (Wildman–Crippen MR) is 95.3 cm³/mol. The van der Waals surface area contributed by atoms with Crippen molar-refractivity contribution < 1.29 is 8.96 Å². The van der Waals surface area contributed by atoms with Crippen LogP contribution in [0, 0.1) is 12.7 Å². The molecule has 0 N–H and O–H groups in total. The Hall–Kier alpha value is -2.48. The van der Waals surface area contributed by atoms with Gasteiger partial charge < -0.3 is 0 Å². The average molecular weight is 318 g/mol. The summed E-state index contributed by atoms with van der Waals surface area (Å²) in [5.74, 6) is -0.107. The SMILES string of the molecule is Cc1cc2c(c(F)c1-c1cccc[n+]1C)-c1ccccc1C2(C)C. The molecule has 0 spiro atoms. The summed E-state index contributed by atoms with van der Waals surface area (Å²) < 4.78 is 17.7. The molecule has 120 valence electrons. The molecule has 2 aromatic carbocycles. The van der Waals surface area contributed by atoms with Crippen molar-refractivity contribution in [3.63, 3.8) is 0 Å². The van der Waals surface area contributed by atoms with Crippen molar-refractivity contribution >= 4 is 0 Å². The van der Waals surface area contributed by atoms with E-state index in [2.05, 4.69) is 26.0 Å². The smallest absolute Gasteiger partial charge is 0.205 e. The molecule has 1 nitrogen and oxygen atoms in total. The molecule has 3 aromatic rings. The van der Waals surface area contributed by atoms with E-state index in [1.54, 1.807) is 0 Å². The predicted octanol–water partition coefficient (Wildman–Crippen LogP) is 4.93. The Balaban J connectivity index is 2.10. The van der Waals surface area contributed by atoms with E-state index in [9.17, 15) is 0 Å². The van der Waals surface area contributed by atoms with Crippen LogP contribution in [0.1, 0.15) is 30.5 Å². The third-order valence-electron chi connectivity index (χ3n) is 5.32. The summed E-state index contributed by atoms with van der Waals surface area (Å²) in [6, 6.07) is 16.2. The van der Waals surface area contributed by atoms with E-state index in [0.29, 0.717) is 5.56 Å². The van der Waals surface area contributed by atoms with Gasteiger partial charge in [-0.15, -0.1) is 0 Å². The van der Waals surface area contributed by atoms with Crippen LogP contribution < -0.4 is 4.57 Å². The number of pyridine rings is 1. The molecule has 0 fully saturated rings. The lowest BCUT2D eigenvalue weighted by Gasteiger charge is -2.22. The quantitative estimate of drug-likeness (QED) is 0.560. The molecule has 0 saturated carbocycles. The van der Waals surface area contributed by atoms with Gasteiger partial charge in [0.2, 0.25) is 5.69 Å². The first kappa shape index (κ1) is 15.1. The third-order valence-corrected chi connectivity index (χ3v) is 5.32. The van der Waals surface area contributed by atoms with Gasteiger partial charge in [0.15, 0.2) is 6.20 Å². The maximum absolute atomic E-state index is 15.7. The molecule has 0 atom stereocenters. The number of rotatable bonds is 1. The molecule has 1 aromatic heterocycles. The molecular weight excluding hydrogens is 297 g/mol. The van der Waals surface area contributed by atoms with Crippen molar-refractivity contribution in [3.8, 4) is 22.4 Å². The second-order valence-corrected chi connectivity index (χ2v) is 7.17. The van der Waals surface area contributed by atoms with E-state index in [4.69, 9.17) is 0 Å². The number of nitrogens with zero attached hydrogens (tertiary/aromatic N) is 1. The fraction of sp³-hybridized carbons (Fsp3) is 0.227. The number of aromatic nitrogens is 1. The lowest BCUT2D eigenvalue weighted by atomic mass is 9.81. The van der Waals surface area contributed by atoms with Crippen LogP contribution in [0.25, 0.3) is 22.4 Å². The highest BCUT2D eigenvalue weighted by Crippen LogP contribution is 2.51. The van der Waals surface area contributed by atoms with Gasteiger partial charge in [-0.2, -0.15) is 0 Å². The van der Waals surface area contributed by atoms with Crippen LogP contribution in [0.5, 0.6) is 0 Å². The zero-order valence-electron chi connectivity index (χ0n) is 14.5. The zero-order chi connectivity index (χ0) is 17.1. The van der Waals surface area contributed by atoms with Gasteiger partial charge in [0.1, 0.15) is 12.9 Å². The summed E-state index contributed by atoms with van der Waals surface area (Å²) >= 11 is 0. The van der Waals surface area contributed by atoms with Crippen LogP contribution in [0.4, 0.5) is 4.39 Å². The van der Waals surface area contributed by atoms with E-state index >= 15 is 4.39 Å². The number of aryl methyl sites for hydroxylation is 2. The number of fused-ring (bicyclic) bond motifs is 3. The molecule has 0 aliphatic heterocycles. The minimum absolute atomic E-state index is 0.107. The van der Waals surface area contributed by atoms with Crippen LogP contribution in [0.2, 0.25) is 0 Å². The number of hydrogen-bond acceptors (Lipinski definition) is 0. The van der Waals surface area contributed by atoms with Gasteiger partial charge in [-0.25, -0.2) is 8.96 Å². The maximum atomic E-state index is 15.7. The second kappa shape index (κ2) is 5.01. The Morgan fingerprint density at radius 1 is 0.917 bits per heavy atom. The standard InChI is InChI=1S/C22H21FN/c1-14-13-17-20(15-9-5-6-10-16(15)22(17,2)3)21(23)19(14)18-11-7-8-12-24(18)4/h5-13H,1-4H3/q+1. The van der Waals surface area contributed by atoms with Gasteiger partial charge in [0, 0.05) is 23.1 Å². The van der Waals surface area contributed by atoms with Crippen molar-refractivity contribution in [2.75, 3.05) is 0 Å². The lowest BCUT2D eigenvalue weighted by Crippen LogP contribution is -2.30. The molecule has 1 aliphatic rings. The summed E-state index contributed by atoms with van der Waals surface area (Å²) in [5.41, 5.74) is 6.48. The fourth-order valence-corrected chi connectivity index (χ4v) is 4.02. The minimum atomic E-state index is -0.172. The number of hydrogen-bond donors (Lipinski definition) is 0. The van der Waals surface area contributed by atoms with Gasteiger partial charge in [-0.05, 0) is 35.2 Å². The first-order valence-electron chi connectivity index (χ1n) is 8.31. The van der Waals surface area contributed by atoms with E-state index in [1.807, 2.05) is 61.1 Å². The van der Waals surface area contributed by atoms with Crippen LogP contribution in [-0.2, 0) is 12.5 Å². The van der Waals surface area contributed by atoms with Crippen LogP contribution in [0.3, 0.4) is 0 Å². The monoisotopic (exact) mass is 318 g/mol. The van der Waals surface area contributed by atoms with Gasteiger partial charge >= 0.3 is 0 Å². The summed E-state index contributed by atoms with van der Waals surface area (Å²) in [5, 5.41) is 0. The van der Waals surface area contributed by atoms with Crippen molar-refractivity contribution in [2.45, 2.75) is 26.2 Å². The van der Waals surface area contributed by atoms with Gasteiger partial charge in [0.25, 0.3) is 0 Å². The molecule has 1 aliphatic carbocycles. The summed E-state index contributed by atoms with van der Waals surface area (Å²) in [7, 11) is 1.96. The highest BCUT2D eigenvalue weighted by molar-refractivity contribution is 5.85. The van der Waals surface area contributed by atoms with Gasteiger partial charge in [-0.1, -0.05) is 44.2 Å². The Bertz CT molecular complexity index is 970. The topological polar surface area (TPSA) is 3.88 Å². The van der Waals surface area contributed by atoms with Gasteiger partial charge in [0.05, 0.1) is 5.56 Å². The molecule has 1 heterocycles. The van der Waals surface area contributed by atoms with Crippen LogP contribution >= 0.6 is 0 Å². The Labute approximate surface area is 142 Å². The Morgan fingerprint density at radius 3 is 2.38 bits per heavy atom. The first-order valence-corrected chi connectivity index (χ1v) is 8.31. The first-order chi connectivity index (χ1) is 11.4. The molecule has 0 saturated heterocycles. The average Bonchev–Trinajstić information content (AvgIpc) is 2.78. The van der Waals surface area contributed by atoms with E-state index in [1.165, 1.54) is 5.56 Å². The van der Waals surface area contributed by atoms with E-state index < -0.39 is 0 Å². The minimum Gasteiger partial charge on any atom is -0.205 e. The Kier molecular flexibility index (Phi) is 3.14. The third kappa shape index (κ3) is 1.89. The van der Waals surface area contributed by atoms with Gasteiger partial charge in [-0.3, -0.25) is 0 Å². The number of halogens is 1. The molecule has 0 unspecified atom stereocenters. The van der Waals surface area contributed by atoms with Crippen molar-refractivity contribution in [2.24, 2.45) is 7.05 Å². The van der Waals surface area contributed by atoms with Crippen LogP contribution in [0.15, 0.2) is 54.7 Å². The number of benzene rings is 2. The van der Waals surface area contributed by atoms with E-state index in [0.717, 1.165) is 27.9 Å². The highest BCUT2D eigenvalue weighted by Gasteiger charge is 2.39. The fourth-order valence-electron chi connectivity index (χ4n) is 4.02. The summed E-state index contributed by atoms with van der Waals surface area (Å²) in [6.07, 6.45) is 1.96. The maximum Gasteiger partial charge on any atom is 0.215 e. The second-order valence-electron chi connectivity index (χ2n) is 7.17. The zero-order valence-corrected chi connectivity index (χ0v) is 14.5. The van der Waals surface area contributed by atoms with Crippen molar-refractivity contribution in [1.82, 2.24) is 0 Å². The largest absolute Gasteiger partial charge is 0.215 e. The summed E-state index contributed by atoms with van der Waals surface area (Å²) in [6.45, 7) is 6.36. The molecule has 2 heteroatoms. The molecule has 0 radical (unpaired) electrons. The highest BCUT2D eigenvalue weighted by atomic mass is 19.1. The lowest BCUT2D eigenvalue weighted by molar-refractivity contribution is -0.660. The summed E-state index contributed by atoms with van der Waals surface area (Å²) in [4.78, 5) is 0. The van der Waals surface area contributed by atoms with E-state index in [-0.39, 0.29) is 11.2 Å². The Morgan fingerprint density at radius 2 is 1.62 bits per heavy atom.